The normalized spacial score (nSPS) is 10.3. The van der Waals surface area contributed by atoms with Crippen molar-refractivity contribution >= 4 is 17.5 Å². The van der Waals surface area contributed by atoms with Crippen LogP contribution >= 0.6 is 0 Å². The number of carbonyl (C=O) groups is 1. The SMILES string of the molecule is COc1ccc(CNc2cnc(C(=O)Nc3cc(C)on3)cn2)cc1OC. The van der Waals surface area contributed by atoms with E-state index in [0.29, 0.717) is 35.4 Å². The van der Waals surface area contributed by atoms with Crippen molar-refractivity contribution in [3.63, 3.8) is 0 Å². The van der Waals surface area contributed by atoms with E-state index >= 15 is 0 Å². The van der Waals surface area contributed by atoms with Crippen LogP contribution in [0.2, 0.25) is 0 Å². The first-order chi connectivity index (χ1) is 13.1. The number of carbonyl (C=O) groups excluding carboxylic acids is 1. The van der Waals surface area contributed by atoms with Gasteiger partial charge in [-0.25, -0.2) is 9.97 Å². The first-order valence-electron chi connectivity index (χ1n) is 8.10. The van der Waals surface area contributed by atoms with Crippen molar-refractivity contribution in [1.82, 2.24) is 15.1 Å². The zero-order valence-corrected chi connectivity index (χ0v) is 15.1. The van der Waals surface area contributed by atoms with Gasteiger partial charge >= 0.3 is 0 Å². The van der Waals surface area contributed by atoms with Gasteiger partial charge in [0.1, 0.15) is 17.3 Å². The summed E-state index contributed by atoms with van der Waals surface area (Å²) < 4.78 is 15.4. The van der Waals surface area contributed by atoms with E-state index in [1.54, 1.807) is 27.2 Å². The lowest BCUT2D eigenvalue weighted by Crippen LogP contribution is -2.14. The maximum absolute atomic E-state index is 12.1. The van der Waals surface area contributed by atoms with Gasteiger partial charge in [0, 0.05) is 12.6 Å². The van der Waals surface area contributed by atoms with Crippen LogP contribution in [0.1, 0.15) is 21.8 Å². The number of nitrogens with one attached hydrogen (secondary N) is 2. The molecule has 0 aliphatic heterocycles. The van der Waals surface area contributed by atoms with Crippen LogP contribution in [-0.4, -0.2) is 35.3 Å². The molecule has 9 heteroatoms. The molecule has 3 rings (SSSR count). The van der Waals surface area contributed by atoms with Crippen molar-refractivity contribution < 1.29 is 18.8 Å². The molecule has 3 aromatic rings. The van der Waals surface area contributed by atoms with E-state index < -0.39 is 5.91 Å². The zero-order valence-electron chi connectivity index (χ0n) is 15.1. The van der Waals surface area contributed by atoms with Gasteiger partial charge in [0.2, 0.25) is 0 Å². The fourth-order valence-corrected chi connectivity index (χ4v) is 2.33. The average molecular weight is 369 g/mol. The number of rotatable bonds is 7. The summed E-state index contributed by atoms with van der Waals surface area (Å²) >= 11 is 0. The van der Waals surface area contributed by atoms with Crippen molar-refractivity contribution in [2.75, 3.05) is 24.9 Å². The van der Waals surface area contributed by atoms with Crippen LogP contribution in [0, 0.1) is 6.92 Å². The van der Waals surface area contributed by atoms with Crippen LogP contribution in [0.3, 0.4) is 0 Å². The molecule has 27 heavy (non-hydrogen) atoms. The number of benzene rings is 1. The van der Waals surface area contributed by atoms with Gasteiger partial charge in [-0.2, -0.15) is 0 Å². The first-order valence-corrected chi connectivity index (χ1v) is 8.10. The maximum Gasteiger partial charge on any atom is 0.277 e. The van der Waals surface area contributed by atoms with E-state index in [1.165, 1.54) is 12.4 Å². The number of anilines is 2. The molecule has 1 amide bonds. The molecule has 0 fully saturated rings. The second-order valence-corrected chi connectivity index (χ2v) is 5.61. The zero-order chi connectivity index (χ0) is 19.2. The Kier molecular flexibility index (Phi) is 5.50. The Morgan fingerprint density at radius 2 is 1.89 bits per heavy atom. The van der Waals surface area contributed by atoms with E-state index in [2.05, 4.69) is 25.8 Å². The molecule has 0 saturated heterocycles. The van der Waals surface area contributed by atoms with Gasteiger partial charge in [0.15, 0.2) is 17.3 Å². The van der Waals surface area contributed by atoms with Crippen LogP contribution in [-0.2, 0) is 6.54 Å². The molecule has 0 unspecified atom stereocenters. The molecule has 9 nitrogen and oxygen atoms in total. The Hall–Kier alpha value is -3.62. The second kappa shape index (κ2) is 8.17. The molecule has 1 aromatic carbocycles. The fraction of sp³-hybridized carbons (Fsp3) is 0.222. The third-order valence-corrected chi connectivity index (χ3v) is 3.68. The predicted molar refractivity (Wildman–Crippen MR) is 98.1 cm³/mol. The van der Waals surface area contributed by atoms with Crippen molar-refractivity contribution in [2.45, 2.75) is 13.5 Å². The van der Waals surface area contributed by atoms with Crippen LogP contribution in [0.25, 0.3) is 0 Å². The summed E-state index contributed by atoms with van der Waals surface area (Å²) in [6, 6.07) is 7.25. The largest absolute Gasteiger partial charge is 0.493 e. The van der Waals surface area contributed by atoms with Crippen molar-refractivity contribution in [3.8, 4) is 11.5 Å². The maximum atomic E-state index is 12.1. The molecular weight excluding hydrogens is 350 g/mol. The Morgan fingerprint density at radius 3 is 2.52 bits per heavy atom. The Bertz CT molecular complexity index is 924. The molecule has 0 spiro atoms. The molecule has 2 heterocycles. The number of nitrogens with zero attached hydrogens (tertiary/aromatic N) is 3. The highest BCUT2D eigenvalue weighted by molar-refractivity contribution is 6.02. The number of hydrogen-bond donors (Lipinski definition) is 2. The monoisotopic (exact) mass is 369 g/mol. The summed E-state index contributed by atoms with van der Waals surface area (Å²) in [5.41, 5.74) is 1.16. The minimum Gasteiger partial charge on any atom is -0.493 e. The standard InChI is InChI=1S/C18H19N5O4/c1-11-6-16(23-27-11)22-18(24)13-9-21-17(10-19-13)20-8-12-4-5-14(25-2)15(7-12)26-3/h4-7,9-10H,8H2,1-3H3,(H,20,21)(H,22,23,24). The van der Waals surface area contributed by atoms with E-state index in [9.17, 15) is 4.79 Å². The van der Waals surface area contributed by atoms with E-state index in [0.717, 1.165) is 5.56 Å². The molecular formula is C18H19N5O4. The molecule has 0 atom stereocenters. The van der Waals surface area contributed by atoms with E-state index in [1.807, 2.05) is 18.2 Å². The molecule has 0 saturated carbocycles. The number of ether oxygens (including phenoxy) is 2. The van der Waals surface area contributed by atoms with Crippen molar-refractivity contribution in [3.05, 3.63) is 53.7 Å². The topological polar surface area (TPSA) is 111 Å². The third kappa shape index (κ3) is 4.51. The quantitative estimate of drug-likeness (QED) is 0.654. The van der Waals surface area contributed by atoms with Gasteiger partial charge in [-0.05, 0) is 24.6 Å². The summed E-state index contributed by atoms with van der Waals surface area (Å²) in [4.78, 5) is 20.4. The predicted octanol–water partition coefficient (Wildman–Crippen LogP) is 2.65. The summed E-state index contributed by atoms with van der Waals surface area (Å²) in [6.45, 7) is 2.25. The molecule has 0 bridgehead atoms. The number of amides is 1. The number of hydrogen-bond acceptors (Lipinski definition) is 8. The number of aryl methyl sites for hydroxylation is 1. The lowest BCUT2D eigenvalue weighted by molar-refractivity contribution is 0.102. The van der Waals surface area contributed by atoms with E-state index in [4.69, 9.17) is 14.0 Å². The Labute approximate surface area is 155 Å². The van der Waals surface area contributed by atoms with Gasteiger partial charge in [-0.1, -0.05) is 11.2 Å². The van der Waals surface area contributed by atoms with E-state index in [-0.39, 0.29) is 5.69 Å². The smallest absolute Gasteiger partial charge is 0.277 e. The summed E-state index contributed by atoms with van der Waals surface area (Å²) in [7, 11) is 3.18. The van der Waals surface area contributed by atoms with Crippen LogP contribution in [0.15, 0.2) is 41.2 Å². The van der Waals surface area contributed by atoms with Gasteiger partial charge in [-0.3, -0.25) is 4.79 Å². The average Bonchev–Trinajstić information content (AvgIpc) is 3.11. The first kappa shape index (κ1) is 18.2. The highest BCUT2D eigenvalue weighted by Gasteiger charge is 2.11. The van der Waals surface area contributed by atoms with Gasteiger partial charge in [0.25, 0.3) is 5.91 Å². The van der Waals surface area contributed by atoms with Crippen molar-refractivity contribution in [2.24, 2.45) is 0 Å². The van der Waals surface area contributed by atoms with Gasteiger partial charge in [-0.15, -0.1) is 0 Å². The van der Waals surface area contributed by atoms with Crippen LogP contribution < -0.4 is 20.1 Å². The fourth-order valence-electron chi connectivity index (χ4n) is 2.33. The summed E-state index contributed by atoms with van der Waals surface area (Å²) in [5.74, 6) is 2.37. The molecule has 0 radical (unpaired) electrons. The molecule has 2 aromatic heterocycles. The molecule has 140 valence electrons. The van der Waals surface area contributed by atoms with Gasteiger partial charge < -0.3 is 24.6 Å². The van der Waals surface area contributed by atoms with Crippen molar-refractivity contribution in [1.29, 1.82) is 0 Å². The van der Waals surface area contributed by atoms with Crippen LogP contribution in [0.5, 0.6) is 11.5 Å². The minimum atomic E-state index is -0.415. The highest BCUT2D eigenvalue weighted by Crippen LogP contribution is 2.27. The minimum absolute atomic E-state index is 0.173. The Morgan fingerprint density at radius 1 is 1.07 bits per heavy atom. The molecule has 0 aliphatic rings. The third-order valence-electron chi connectivity index (χ3n) is 3.68. The summed E-state index contributed by atoms with van der Waals surface area (Å²) in [6.07, 6.45) is 2.88. The Balaban J connectivity index is 1.60. The molecule has 0 aliphatic carbocycles. The number of aromatic nitrogens is 3. The van der Waals surface area contributed by atoms with Gasteiger partial charge in [0.05, 0.1) is 26.6 Å². The molecule has 2 N–H and O–H groups in total. The second-order valence-electron chi connectivity index (χ2n) is 5.61. The summed E-state index contributed by atoms with van der Waals surface area (Å²) in [5, 5.41) is 9.43. The number of methoxy groups -OCH3 is 2. The lowest BCUT2D eigenvalue weighted by Gasteiger charge is -2.10. The highest BCUT2D eigenvalue weighted by atomic mass is 16.5. The van der Waals surface area contributed by atoms with Crippen LogP contribution in [0.4, 0.5) is 11.6 Å². The lowest BCUT2D eigenvalue weighted by atomic mass is 10.2.